The number of benzene rings is 1. The summed E-state index contributed by atoms with van der Waals surface area (Å²) in [4.78, 5) is 4.71. The fraction of sp³-hybridized carbons (Fsp3) is 0.562. The average Bonchev–Trinajstić information content (AvgIpc) is 2.54. The van der Waals surface area contributed by atoms with Crippen LogP contribution in [0.4, 0.5) is 0 Å². The molecule has 1 aliphatic rings. The Balaban J connectivity index is 2.32. The molecule has 1 aromatic rings. The number of rotatable bonds is 5. The molecule has 5 heteroatoms. The molecule has 0 amide bonds. The summed E-state index contributed by atoms with van der Waals surface area (Å²) >= 11 is 3.57. The van der Waals surface area contributed by atoms with Crippen molar-refractivity contribution in [1.29, 1.82) is 0 Å². The number of nitrogens with zero attached hydrogens (tertiary/aromatic N) is 1. The first-order chi connectivity index (χ1) is 10.2. The third-order valence-electron chi connectivity index (χ3n) is 3.80. The van der Waals surface area contributed by atoms with Crippen molar-refractivity contribution < 1.29 is 14.2 Å². The van der Waals surface area contributed by atoms with E-state index in [2.05, 4.69) is 15.9 Å². The second-order valence-corrected chi connectivity index (χ2v) is 5.91. The van der Waals surface area contributed by atoms with Crippen LogP contribution in [0.2, 0.25) is 0 Å². The molecule has 0 atom stereocenters. The molecule has 1 aromatic carbocycles. The smallest absolute Gasteiger partial charge is 0.204 e. The topological polar surface area (TPSA) is 40.0 Å². The number of hydrogen-bond acceptors (Lipinski definition) is 4. The van der Waals surface area contributed by atoms with Crippen LogP contribution in [-0.4, -0.2) is 33.6 Å². The van der Waals surface area contributed by atoms with Crippen LogP contribution in [0.25, 0.3) is 0 Å². The van der Waals surface area contributed by atoms with Gasteiger partial charge in [-0.1, -0.05) is 19.3 Å². The molecule has 0 radical (unpaired) electrons. The van der Waals surface area contributed by atoms with Gasteiger partial charge in [0.15, 0.2) is 11.5 Å². The number of methoxy groups -OCH3 is 3. The predicted molar refractivity (Wildman–Crippen MR) is 88.3 cm³/mol. The highest BCUT2D eigenvalue weighted by atomic mass is 79.9. The van der Waals surface area contributed by atoms with Crippen LogP contribution in [0.3, 0.4) is 0 Å². The normalized spacial score (nSPS) is 16.2. The number of hydrogen-bond donors (Lipinski definition) is 0. The Labute approximate surface area is 134 Å². The van der Waals surface area contributed by atoms with Gasteiger partial charge in [-0.15, -0.1) is 0 Å². The van der Waals surface area contributed by atoms with Gasteiger partial charge in [0.2, 0.25) is 5.75 Å². The maximum absolute atomic E-state index is 5.43. The first-order valence-corrected chi connectivity index (χ1v) is 8.02. The molecule has 1 saturated carbocycles. The summed E-state index contributed by atoms with van der Waals surface area (Å²) in [7, 11) is 4.83. The molecule has 0 heterocycles. The highest BCUT2D eigenvalue weighted by Crippen LogP contribution is 2.44. The van der Waals surface area contributed by atoms with Gasteiger partial charge in [-0.3, -0.25) is 4.99 Å². The lowest BCUT2D eigenvalue weighted by molar-refractivity contribution is 0.323. The van der Waals surface area contributed by atoms with Crippen LogP contribution in [0.15, 0.2) is 15.5 Å². The van der Waals surface area contributed by atoms with Crippen molar-refractivity contribution in [3.63, 3.8) is 0 Å². The second-order valence-electron chi connectivity index (χ2n) is 5.12. The van der Waals surface area contributed by atoms with Crippen LogP contribution in [0.1, 0.15) is 37.7 Å². The van der Waals surface area contributed by atoms with Gasteiger partial charge >= 0.3 is 0 Å². The van der Waals surface area contributed by atoms with Crippen LogP contribution < -0.4 is 14.2 Å². The minimum absolute atomic E-state index is 0.435. The lowest BCUT2D eigenvalue weighted by atomic mass is 9.96. The van der Waals surface area contributed by atoms with E-state index in [1.165, 1.54) is 32.1 Å². The van der Waals surface area contributed by atoms with Crippen LogP contribution in [0.5, 0.6) is 17.2 Å². The molecule has 0 saturated heterocycles. The molecule has 0 spiro atoms. The van der Waals surface area contributed by atoms with Crippen molar-refractivity contribution in [2.75, 3.05) is 21.3 Å². The highest BCUT2D eigenvalue weighted by molar-refractivity contribution is 9.10. The van der Waals surface area contributed by atoms with Gasteiger partial charge in [-0.05, 0) is 34.8 Å². The van der Waals surface area contributed by atoms with Gasteiger partial charge in [-0.25, -0.2) is 0 Å². The Kier molecular flexibility index (Phi) is 5.91. The molecule has 1 fully saturated rings. The van der Waals surface area contributed by atoms with Gasteiger partial charge in [-0.2, -0.15) is 0 Å². The van der Waals surface area contributed by atoms with Crippen molar-refractivity contribution in [2.45, 2.75) is 38.1 Å². The fourth-order valence-corrected chi connectivity index (χ4v) is 3.21. The number of aliphatic imine (C=N–C) groups is 1. The van der Waals surface area contributed by atoms with Crippen LogP contribution in [0, 0.1) is 0 Å². The first-order valence-electron chi connectivity index (χ1n) is 7.23. The van der Waals surface area contributed by atoms with Gasteiger partial charge in [0.1, 0.15) is 0 Å². The Morgan fingerprint density at radius 1 is 1.05 bits per heavy atom. The summed E-state index contributed by atoms with van der Waals surface area (Å²) in [6.45, 7) is 0. The third-order valence-corrected chi connectivity index (χ3v) is 4.61. The van der Waals surface area contributed by atoms with Crippen LogP contribution in [-0.2, 0) is 0 Å². The van der Waals surface area contributed by atoms with Crippen molar-refractivity contribution >= 4 is 22.1 Å². The SMILES string of the molecule is COc1cc(/C=N/C2CCCCC2)c(Br)c(OC)c1OC. The molecule has 0 unspecified atom stereocenters. The largest absolute Gasteiger partial charge is 0.493 e. The summed E-state index contributed by atoms with van der Waals surface area (Å²) in [6, 6.07) is 2.35. The van der Waals surface area contributed by atoms with Gasteiger partial charge < -0.3 is 14.2 Å². The quantitative estimate of drug-likeness (QED) is 0.742. The monoisotopic (exact) mass is 355 g/mol. The molecular weight excluding hydrogens is 334 g/mol. The average molecular weight is 356 g/mol. The molecule has 0 aromatic heterocycles. The molecule has 116 valence electrons. The Morgan fingerprint density at radius 2 is 1.71 bits per heavy atom. The fourth-order valence-electron chi connectivity index (χ4n) is 2.65. The van der Waals surface area contributed by atoms with Crippen molar-refractivity contribution in [1.82, 2.24) is 0 Å². The lowest BCUT2D eigenvalue weighted by Crippen LogP contribution is -2.09. The summed E-state index contributed by atoms with van der Waals surface area (Å²) in [5.74, 6) is 1.85. The second kappa shape index (κ2) is 7.69. The van der Waals surface area contributed by atoms with E-state index in [4.69, 9.17) is 19.2 Å². The molecule has 4 nitrogen and oxygen atoms in total. The Hall–Kier alpha value is -1.23. The minimum Gasteiger partial charge on any atom is -0.493 e. The highest BCUT2D eigenvalue weighted by Gasteiger charge is 2.18. The molecule has 0 N–H and O–H groups in total. The molecule has 2 rings (SSSR count). The van der Waals surface area contributed by atoms with E-state index in [1.807, 2.05) is 12.3 Å². The molecular formula is C16H22BrNO3. The number of ether oxygens (including phenoxy) is 3. The molecule has 21 heavy (non-hydrogen) atoms. The van der Waals surface area contributed by atoms with E-state index < -0.39 is 0 Å². The first kappa shape index (κ1) is 16.1. The van der Waals surface area contributed by atoms with Crippen molar-refractivity contribution in [3.05, 3.63) is 16.1 Å². The third kappa shape index (κ3) is 3.70. The summed E-state index contributed by atoms with van der Waals surface area (Å²) in [6.07, 6.45) is 8.15. The van der Waals surface area contributed by atoms with Gasteiger partial charge in [0.05, 0.1) is 25.8 Å². The molecule has 0 aliphatic heterocycles. The van der Waals surface area contributed by atoms with E-state index in [1.54, 1.807) is 21.3 Å². The molecule has 0 bridgehead atoms. The zero-order valence-corrected chi connectivity index (χ0v) is 14.4. The summed E-state index contributed by atoms with van der Waals surface area (Å²) < 4.78 is 17.0. The van der Waals surface area contributed by atoms with Crippen molar-refractivity contribution in [3.8, 4) is 17.2 Å². The van der Waals surface area contributed by atoms with Crippen LogP contribution >= 0.6 is 15.9 Å². The number of halogens is 1. The van der Waals surface area contributed by atoms with Gasteiger partial charge in [0.25, 0.3) is 0 Å². The van der Waals surface area contributed by atoms with E-state index in [0.29, 0.717) is 23.3 Å². The summed E-state index contributed by atoms with van der Waals surface area (Å²) in [5, 5.41) is 0. The molecule has 1 aliphatic carbocycles. The summed E-state index contributed by atoms with van der Waals surface area (Å²) in [5.41, 5.74) is 0.940. The Morgan fingerprint density at radius 3 is 2.29 bits per heavy atom. The zero-order chi connectivity index (χ0) is 15.2. The van der Waals surface area contributed by atoms with Gasteiger partial charge in [0, 0.05) is 17.8 Å². The lowest BCUT2D eigenvalue weighted by Gasteiger charge is -2.18. The van der Waals surface area contributed by atoms with E-state index >= 15 is 0 Å². The standard InChI is InChI=1S/C16H22BrNO3/c1-19-13-9-11(10-18-12-7-5-4-6-8-12)14(17)16(21-3)15(13)20-2/h9-10,12H,4-8H2,1-3H3/b18-10+. The Bertz CT molecular complexity index is 511. The van der Waals surface area contributed by atoms with Crippen molar-refractivity contribution in [2.24, 2.45) is 4.99 Å². The maximum atomic E-state index is 5.43. The van der Waals surface area contributed by atoms with E-state index in [9.17, 15) is 0 Å². The van der Waals surface area contributed by atoms with E-state index in [-0.39, 0.29) is 0 Å². The minimum atomic E-state index is 0.435. The zero-order valence-electron chi connectivity index (χ0n) is 12.8. The van der Waals surface area contributed by atoms with E-state index in [0.717, 1.165) is 10.0 Å². The predicted octanol–water partition coefficient (Wildman–Crippen LogP) is 4.23. The maximum Gasteiger partial charge on any atom is 0.204 e.